The molecule has 0 N–H and O–H groups in total. The summed E-state index contributed by atoms with van der Waals surface area (Å²) in [5.41, 5.74) is 2.44. The molecule has 0 fully saturated rings. The van der Waals surface area contributed by atoms with Crippen molar-refractivity contribution < 1.29 is 14.5 Å². The van der Waals surface area contributed by atoms with E-state index in [-0.39, 0.29) is 29.2 Å². The Morgan fingerprint density at radius 2 is 1.76 bits per heavy atom. The molecule has 0 radical (unpaired) electrons. The van der Waals surface area contributed by atoms with Crippen LogP contribution in [0.1, 0.15) is 44.6 Å². The van der Waals surface area contributed by atoms with Crippen LogP contribution in [-0.4, -0.2) is 16.6 Å². The molecule has 2 aromatic carbocycles. The molecule has 1 atom stereocenters. The Labute approximate surface area is 169 Å². The monoisotopic (exact) mass is 390 g/mol. The summed E-state index contributed by atoms with van der Waals surface area (Å²) in [4.78, 5) is 38.9. The second-order valence-electron chi connectivity index (χ2n) is 8.47. The molecule has 1 aliphatic heterocycles. The lowest BCUT2D eigenvalue weighted by Crippen LogP contribution is -2.43. The second kappa shape index (κ2) is 6.95. The number of nitro benzene ring substituents is 1. The molecule has 29 heavy (non-hydrogen) atoms. The van der Waals surface area contributed by atoms with Gasteiger partial charge in [-0.2, -0.15) is 0 Å². The van der Waals surface area contributed by atoms with Crippen LogP contribution < -0.4 is 4.90 Å². The summed E-state index contributed by atoms with van der Waals surface area (Å²) in [6.45, 7) is 4.05. The van der Waals surface area contributed by atoms with Crippen molar-refractivity contribution in [2.75, 3.05) is 4.90 Å². The van der Waals surface area contributed by atoms with Crippen LogP contribution >= 0.6 is 0 Å². The zero-order valence-corrected chi connectivity index (χ0v) is 16.4. The van der Waals surface area contributed by atoms with Crippen molar-refractivity contribution in [3.05, 3.63) is 81.5 Å². The SMILES string of the molecule is CC1(C)CC(=O)C2=C(C1)N(c1ccccc1)C(=O)CC2c1cccc([N+](=O)[O-])c1. The number of nitro groups is 1. The third kappa shape index (κ3) is 3.46. The molecule has 0 bridgehead atoms. The molecule has 6 nitrogen and oxygen atoms in total. The molecule has 4 rings (SSSR count). The van der Waals surface area contributed by atoms with E-state index in [2.05, 4.69) is 0 Å². The Kier molecular flexibility index (Phi) is 4.57. The van der Waals surface area contributed by atoms with E-state index in [1.807, 2.05) is 44.2 Å². The van der Waals surface area contributed by atoms with Crippen LogP contribution in [-0.2, 0) is 9.59 Å². The molecule has 148 valence electrons. The van der Waals surface area contributed by atoms with Gasteiger partial charge >= 0.3 is 0 Å². The van der Waals surface area contributed by atoms with Gasteiger partial charge in [-0.1, -0.05) is 44.2 Å². The number of non-ortho nitro benzene ring substituents is 1. The van der Waals surface area contributed by atoms with Crippen molar-refractivity contribution in [3.8, 4) is 0 Å². The van der Waals surface area contributed by atoms with Crippen LogP contribution in [0.2, 0.25) is 0 Å². The summed E-state index contributed by atoms with van der Waals surface area (Å²) < 4.78 is 0. The Balaban J connectivity index is 1.89. The topological polar surface area (TPSA) is 80.5 Å². The summed E-state index contributed by atoms with van der Waals surface area (Å²) in [5.74, 6) is -0.542. The Hall–Kier alpha value is -3.28. The summed E-state index contributed by atoms with van der Waals surface area (Å²) in [6, 6.07) is 15.6. The predicted molar refractivity (Wildman–Crippen MR) is 109 cm³/mol. The average molecular weight is 390 g/mol. The summed E-state index contributed by atoms with van der Waals surface area (Å²) in [5, 5.41) is 11.2. The maximum Gasteiger partial charge on any atom is 0.269 e. The Morgan fingerprint density at radius 1 is 1.03 bits per heavy atom. The Bertz CT molecular complexity index is 1040. The van der Waals surface area contributed by atoms with Gasteiger partial charge in [-0.15, -0.1) is 0 Å². The van der Waals surface area contributed by atoms with Gasteiger partial charge in [0.15, 0.2) is 5.78 Å². The van der Waals surface area contributed by atoms with Gasteiger partial charge in [-0.3, -0.25) is 24.6 Å². The number of carbonyl (C=O) groups is 2. The maximum absolute atomic E-state index is 13.2. The number of carbonyl (C=O) groups excluding carboxylic acids is 2. The van der Waals surface area contributed by atoms with Crippen LogP contribution in [0.15, 0.2) is 65.9 Å². The number of allylic oxidation sites excluding steroid dienone is 2. The first-order chi connectivity index (χ1) is 13.8. The highest BCUT2D eigenvalue weighted by atomic mass is 16.6. The molecule has 1 unspecified atom stereocenters. The van der Waals surface area contributed by atoms with E-state index < -0.39 is 10.8 Å². The molecule has 1 heterocycles. The first-order valence-electron chi connectivity index (χ1n) is 9.65. The number of amides is 1. The van der Waals surface area contributed by atoms with Gasteiger partial charge in [0.25, 0.3) is 5.69 Å². The molecule has 2 aromatic rings. The van der Waals surface area contributed by atoms with Crippen LogP contribution in [0.3, 0.4) is 0 Å². The molecule has 2 aliphatic rings. The molecule has 0 spiro atoms. The van der Waals surface area contributed by atoms with E-state index >= 15 is 0 Å². The van der Waals surface area contributed by atoms with Gasteiger partial charge in [0.1, 0.15) is 0 Å². The molecule has 0 saturated heterocycles. The number of hydrogen-bond donors (Lipinski definition) is 0. The van der Waals surface area contributed by atoms with E-state index in [1.54, 1.807) is 17.0 Å². The minimum atomic E-state index is -0.457. The van der Waals surface area contributed by atoms with Gasteiger partial charge < -0.3 is 0 Å². The molecule has 1 aliphatic carbocycles. The molecule has 6 heteroatoms. The number of hydrogen-bond acceptors (Lipinski definition) is 4. The maximum atomic E-state index is 13.2. The number of benzene rings is 2. The van der Waals surface area contributed by atoms with E-state index in [4.69, 9.17) is 0 Å². The van der Waals surface area contributed by atoms with Crippen LogP contribution in [0.25, 0.3) is 0 Å². The minimum absolute atomic E-state index is 0.0150. The zero-order chi connectivity index (χ0) is 20.8. The standard InChI is InChI=1S/C23H22N2O4/c1-23(2)13-19-22(20(26)14-23)18(15-7-6-10-17(11-15)25(28)29)12-21(27)24(19)16-8-4-3-5-9-16/h3-11,18H,12-14H2,1-2H3. The van der Waals surface area contributed by atoms with E-state index in [1.165, 1.54) is 12.1 Å². The van der Waals surface area contributed by atoms with Gasteiger partial charge in [-0.05, 0) is 29.5 Å². The predicted octanol–water partition coefficient (Wildman–Crippen LogP) is 4.76. The van der Waals surface area contributed by atoms with Crippen molar-refractivity contribution in [3.63, 3.8) is 0 Å². The van der Waals surface area contributed by atoms with Crippen molar-refractivity contribution in [2.45, 2.75) is 39.0 Å². The summed E-state index contributed by atoms with van der Waals surface area (Å²) >= 11 is 0. The van der Waals surface area contributed by atoms with Crippen molar-refractivity contribution in [1.29, 1.82) is 0 Å². The minimum Gasteiger partial charge on any atom is -0.294 e. The number of Topliss-reactive ketones (excluding diaryl/α,β-unsaturated/α-hetero) is 1. The third-order valence-corrected chi connectivity index (χ3v) is 5.64. The van der Waals surface area contributed by atoms with Crippen LogP contribution in [0.4, 0.5) is 11.4 Å². The Morgan fingerprint density at radius 3 is 2.45 bits per heavy atom. The van der Waals surface area contributed by atoms with Gasteiger partial charge in [0.2, 0.25) is 5.91 Å². The second-order valence-corrected chi connectivity index (χ2v) is 8.47. The first-order valence-corrected chi connectivity index (χ1v) is 9.65. The van der Waals surface area contributed by atoms with Crippen LogP contribution in [0.5, 0.6) is 0 Å². The smallest absolute Gasteiger partial charge is 0.269 e. The number of ketones is 1. The summed E-state index contributed by atoms with van der Waals surface area (Å²) in [7, 11) is 0. The third-order valence-electron chi connectivity index (χ3n) is 5.64. The van der Waals surface area contributed by atoms with Gasteiger partial charge in [0.05, 0.1) is 4.92 Å². The van der Waals surface area contributed by atoms with Crippen molar-refractivity contribution >= 4 is 23.1 Å². The van der Waals surface area contributed by atoms with Gasteiger partial charge in [-0.25, -0.2) is 0 Å². The lowest BCUT2D eigenvalue weighted by Gasteiger charge is -2.42. The molecular formula is C23H22N2O4. The fraction of sp³-hybridized carbons (Fsp3) is 0.304. The van der Waals surface area contributed by atoms with Crippen LogP contribution in [0, 0.1) is 15.5 Å². The molecule has 0 saturated carbocycles. The lowest BCUT2D eigenvalue weighted by molar-refractivity contribution is -0.384. The lowest BCUT2D eigenvalue weighted by atomic mass is 9.69. The molecular weight excluding hydrogens is 368 g/mol. The first kappa shape index (κ1) is 19.1. The number of rotatable bonds is 3. The number of para-hydroxylation sites is 1. The largest absolute Gasteiger partial charge is 0.294 e. The normalized spacial score (nSPS) is 21.2. The molecule has 0 aromatic heterocycles. The van der Waals surface area contributed by atoms with E-state index in [0.29, 0.717) is 24.0 Å². The van der Waals surface area contributed by atoms with E-state index in [9.17, 15) is 19.7 Å². The fourth-order valence-electron chi connectivity index (χ4n) is 4.43. The van der Waals surface area contributed by atoms with Crippen molar-refractivity contribution in [1.82, 2.24) is 0 Å². The van der Waals surface area contributed by atoms with E-state index in [0.717, 1.165) is 11.4 Å². The quantitative estimate of drug-likeness (QED) is 0.559. The highest BCUT2D eigenvalue weighted by Gasteiger charge is 2.44. The zero-order valence-electron chi connectivity index (χ0n) is 16.4. The number of nitrogens with zero attached hydrogens (tertiary/aromatic N) is 2. The average Bonchev–Trinajstić information content (AvgIpc) is 2.67. The highest BCUT2D eigenvalue weighted by Crippen LogP contribution is 2.48. The van der Waals surface area contributed by atoms with Gasteiger partial charge in [0, 0.05) is 47.8 Å². The van der Waals surface area contributed by atoms with Crippen molar-refractivity contribution in [2.24, 2.45) is 5.41 Å². The number of anilines is 1. The summed E-state index contributed by atoms with van der Waals surface area (Å²) in [6.07, 6.45) is 1.11. The highest BCUT2D eigenvalue weighted by molar-refractivity contribution is 6.07. The molecule has 1 amide bonds. The fourth-order valence-corrected chi connectivity index (χ4v) is 4.43.